The van der Waals surface area contributed by atoms with E-state index in [1.807, 2.05) is 18.2 Å². The monoisotopic (exact) mass is 192 g/mol. The van der Waals surface area contributed by atoms with Crippen molar-refractivity contribution in [2.45, 2.75) is 6.29 Å². The third kappa shape index (κ3) is 1.49. The molecular weight excluding hydrogens is 180 g/mol. The molecule has 0 amide bonds. The first kappa shape index (κ1) is 9.18. The van der Waals surface area contributed by atoms with Crippen LogP contribution >= 0.6 is 0 Å². The molecule has 4 nitrogen and oxygen atoms in total. The minimum absolute atomic E-state index is 0.317. The van der Waals surface area contributed by atoms with Gasteiger partial charge in [-0.2, -0.15) is 0 Å². The predicted molar refractivity (Wildman–Crippen MR) is 52.9 cm³/mol. The Morgan fingerprint density at radius 3 is 2.79 bits per heavy atom. The first-order valence-electron chi connectivity index (χ1n) is 4.34. The highest BCUT2D eigenvalue weighted by atomic mass is 16.7. The van der Waals surface area contributed by atoms with Crippen LogP contribution in [0.25, 0.3) is 11.0 Å². The second kappa shape index (κ2) is 3.77. The number of aromatic nitrogens is 2. The molecule has 0 aliphatic carbocycles. The highest BCUT2D eigenvalue weighted by molar-refractivity contribution is 5.75. The van der Waals surface area contributed by atoms with E-state index in [4.69, 9.17) is 9.47 Å². The summed E-state index contributed by atoms with van der Waals surface area (Å²) in [4.78, 5) is 7.17. The topological polar surface area (TPSA) is 47.1 Å². The van der Waals surface area contributed by atoms with Gasteiger partial charge >= 0.3 is 0 Å². The lowest BCUT2D eigenvalue weighted by atomic mass is 10.2. The molecule has 2 rings (SSSR count). The summed E-state index contributed by atoms with van der Waals surface area (Å²) in [5.74, 6) is 0. The molecule has 0 saturated heterocycles. The zero-order chi connectivity index (χ0) is 9.97. The molecule has 1 aromatic heterocycles. The van der Waals surface area contributed by atoms with Crippen molar-refractivity contribution in [3.8, 4) is 0 Å². The van der Waals surface area contributed by atoms with Crippen LogP contribution in [-0.2, 0) is 9.47 Å². The highest BCUT2D eigenvalue weighted by Gasteiger charge is 2.09. The van der Waals surface area contributed by atoms with E-state index in [2.05, 4.69) is 9.97 Å². The van der Waals surface area contributed by atoms with Gasteiger partial charge in [0.05, 0.1) is 17.4 Å². The van der Waals surface area contributed by atoms with Gasteiger partial charge in [-0.3, -0.25) is 0 Å². The number of fused-ring (bicyclic) bond motifs is 1. The third-order valence-electron chi connectivity index (χ3n) is 2.14. The fourth-order valence-corrected chi connectivity index (χ4v) is 1.47. The maximum Gasteiger partial charge on any atom is 0.183 e. The molecule has 14 heavy (non-hydrogen) atoms. The van der Waals surface area contributed by atoms with Gasteiger partial charge in [0.1, 0.15) is 0 Å². The number of aromatic amines is 1. The molecule has 0 saturated carbocycles. The van der Waals surface area contributed by atoms with Gasteiger partial charge in [-0.15, -0.1) is 0 Å². The van der Waals surface area contributed by atoms with E-state index < -0.39 is 0 Å². The van der Waals surface area contributed by atoms with Crippen LogP contribution in [0.3, 0.4) is 0 Å². The fourth-order valence-electron chi connectivity index (χ4n) is 1.47. The summed E-state index contributed by atoms with van der Waals surface area (Å²) in [6.45, 7) is 0. The molecule has 0 unspecified atom stereocenters. The maximum absolute atomic E-state index is 5.15. The average Bonchev–Trinajstić information content (AvgIpc) is 2.66. The Morgan fingerprint density at radius 2 is 2.07 bits per heavy atom. The van der Waals surface area contributed by atoms with Crippen LogP contribution in [-0.4, -0.2) is 24.2 Å². The van der Waals surface area contributed by atoms with Gasteiger partial charge in [-0.25, -0.2) is 4.98 Å². The van der Waals surface area contributed by atoms with E-state index in [1.54, 1.807) is 20.5 Å². The van der Waals surface area contributed by atoms with Crippen LogP contribution in [0.1, 0.15) is 11.9 Å². The smallest absolute Gasteiger partial charge is 0.183 e. The summed E-state index contributed by atoms with van der Waals surface area (Å²) in [5, 5.41) is 0. The van der Waals surface area contributed by atoms with Crippen LogP contribution in [0.15, 0.2) is 24.5 Å². The second-order valence-corrected chi connectivity index (χ2v) is 2.98. The van der Waals surface area contributed by atoms with Gasteiger partial charge in [-0.05, 0) is 12.1 Å². The molecule has 2 aromatic rings. The Hall–Kier alpha value is -1.39. The number of methoxy groups -OCH3 is 2. The zero-order valence-electron chi connectivity index (χ0n) is 8.15. The van der Waals surface area contributed by atoms with Crippen LogP contribution in [0, 0.1) is 0 Å². The molecule has 0 atom stereocenters. The Labute approximate surface area is 81.9 Å². The van der Waals surface area contributed by atoms with Crippen molar-refractivity contribution in [3.63, 3.8) is 0 Å². The first-order valence-corrected chi connectivity index (χ1v) is 4.34. The summed E-state index contributed by atoms with van der Waals surface area (Å²) in [5.41, 5.74) is 2.91. The lowest BCUT2D eigenvalue weighted by molar-refractivity contribution is -0.105. The Kier molecular flexibility index (Phi) is 2.47. The van der Waals surface area contributed by atoms with Gasteiger partial charge in [0, 0.05) is 19.8 Å². The molecule has 0 spiro atoms. The third-order valence-corrected chi connectivity index (χ3v) is 2.14. The highest BCUT2D eigenvalue weighted by Crippen LogP contribution is 2.20. The van der Waals surface area contributed by atoms with Crippen molar-refractivity contribution in [3.05, 3.63) is 30.1 Å². The van der Waals surface area contributed by atoms with E-state index >= 15 is 0 Å². The van der Waals surface area contributed by atoms with Crippen molar-refractivity contribution < 1.29 is 9.47 Å². The molecule has 0 aliphatic rings. The number of benzene rings is 1. The number of H-pyrrole nitrogens is 1. The summed E-state index contributed by atoms with van der Waals surface area (Å²) in [6, 6.07) is 5.85. The molecular formula is C10H12N2O2. The van der Waals surface area contributed by atoms with E-state index in [0.29, 0.717) is 0 Å². The van der Waals surface area contributed by atoms with Crippen molar-refractivity contribution in [2.24, 2.45) is 0 Å². The lowest BCUT2D eigenvalue weighted by Crippen LogP contribution is -2.03. The van der Waals surface area contributed by atoms with Crippen molar-refractivity contribution in [1.82, 2.24) is 9.97 Å². The quantitative estimate of drug-likeness (QED) is 0.755. The minimum Gasteiger partial charge on any atom is -0.352 e. The summed E-state index contributed by atoms with van der Waals surface area (Å²) in [7, 11) is 3.23. The lowest BCUT2D eigenvalue weighted by Gasteiger charge is -2.13. The van der Waals surface area contributed by atoms with Gasteiger partial charge in [0.2, 0.25) is 0 Å². The number of imidazole rings is 1. The zero-order valence-corrected chi connectivity index (χ0v) is 8.15. The van der Waals surface area contributed by atoms with Crippen molar-refractivity contribution >= 4 is 11.0 Å². The van der Waals surface area contributed by atoms with Crippen molar-refractivity contribution in [1.29, 1.82) is 0 Å². The fraction of sp³-hybridized carbons (Fsp3) is 0.300. The largest absolute Gasteiger partial charge is 0.352 e. The standard InChI is InChI=1S/C10H12N2O2/c1-13-10(14-2)7-3-4-8-9(5-7)12-6-11-8/h3-6,10H,1-2H3,(H,11,12). The van der Waals surface area contributed by atoms with E-state index in [0.717, 1.165) is 16.6 Å². The van der Waals surface area contributed by atoms with Crippen LogP contribution in [0.4, 0.5) is 0 Å². The number of nitrogens with one attached hydrogen (secondary N) is 1. The molecule has 0 radical (unpaired) electrons. The van der Waals surface area contributed by atoms with Crippen LogP contribution in [0.5, 0.6) is 0 Å². The van der Waals surface area contributed by atoms with Crippen LogP contribution in [0.2, 0.25) is 0 Å². The number of nitrogens with zero attached hydrogens (tertiary/aromatic N) is 1. The molecule has 1 aromatic carbocycles. The molecule has 1 heterocycles. The Bertz CT molecular complexity index is 421. The van der Waals surface area contributed by atoms with Gasteiger partial charge < -0.3 is 14.5 Å². The van der Waals surface area contributed by atoms with Crippen LogP contribution < -0.4 is 0 Å². The summed E-state index contributed by atoms with van der Waals surface area (Å²) >= 11 is 0. The Balaban J connectivity index is 2.42. The molecule has 74 valence electrons. The first-order chi connectivity index (χ1) is 6.85. The van der Waals surface area contributed by atoms with Gasteiger partial charge in [0.15, 0.2) is 6.29 Å². The molecule has 0 aliphatic heterocycles. The normalized spacial score (nSPS) is 11.4. The number of hydrogen-bond donors (Lipinski definition) is 1. The summed E-state index contributed by atoms with van der Waals surface area (Å²) < 4.78 is 10.3. The second-order valence-electron chi connectivity index (χ2n) is 2.98. The maximum atomic E-state index is 5.15. The SMILES string of the molecule is COC(OC)c1ccc2nc[nH]c2c1. The minimum atomic E-state index is -0.317. The number of rotatable bonds is 3. The van der Waals surface area contributed by atoms with Gasteiger partial charge in [0.25, 0.3) is 0 Å². The van der Waals surface area contributed by atoms with Gasteiger partial charge in [-0.1, -0.05) is 6.07 Å². The Morgan fingerprint density at radius 1 is 1.29 bits per heavy atom. The average molecular weight is 192 g/mol. The van der Waals surface area contributed by atoms with Crippen molar-refractivity contribution in [2.75, 3.05) is 14.2 Å². The predicted octanol–water partition coefficient (Wildman–Crippen LogP) is 1.85. The van der Waals surface area contributed by atoms with E-state index in [9.17, 15) is 0 Å². The molecule has 4 heteroatoms. The molecule has 1 N–H and O–H groups in total. The molecule has 0 fully saturated rings. The summed E-state index contributed by atoms with van der Waals surface area (Å²) in [6.07, 6.45) is 1.35. The number of hydrogen-bond acceptors (Lipinski definition) is 3. The van der Waals surface area contributed by atoms with E-state index in [-0.39, 0.29) is 6.29 Å². The number of ether oxygens (including phenoxy) is 2. The molecule has 0 bridgehead atoms. The van der Waals surface area contributed by atoms with E-state index in [1.165, 1.54) is 0 Å².